The van der Waals surface area contributed by atoms with Crippen molar-refractivity contribution in [2.75, 3.05) is 13.7 Å². The third-order valence-corrected chi connectivity index (χ3v) is 3.69. The quantitative estimate of drug-likeness (QED) is 0.891. The molecule has 2 atom stereocenters. The minimum absolute atomic E-state index is 0.0950. The van der Waals surface area contributed by atoms with Crippen LogP contribution in [0.1, 0.15) is 23.1 Å². The van der Waals surface area contributed by atoms with Gasteiger partial charge in [-0.15, -0.1) is 0 Å². The molecule has 5 heteroatoms. The summed E-state index contributed by atoms with van der Waals surface area (Å²) in [6.07, 6.45) is -1.01. The molecule has 0 heterocycles. The van der Waals surface area contributed by atoms with Crippen LogP contribution in [0.2, 0.25) is 5.02 Å². The zero-order valence-electron chi connectivity index (χ0n) is 11.6. The first kappa shape index (κ1) is 15.8. The smallest absolute Gasteiger partial charge is 0.126 e. The Morgan fingerprint density at radius 1 is 1.24 bits per heavy atom. The summed E-state index contributed by atoms with van der Waals surface area (Å²) in [5, 5.41) is 11.1. The van der Waals surface area contributed by atoms with Gasteiger partial charge in [0.25, 0.3) is 0 Å². The fourth-order valence-corrected chi connectivity index (χ4v) is 2.54. The van der Waals surface area contributed by atoms with E-state index in [1.54, 1.807) is 36.4 Å². The number of halogens is 2. The zero-order chi connectivity index (χ0) is 15.4. The highest BCUT2D eigenvalue weighted by molar-refractivity contribution is 6.30. The number of ether oxygens (including phenoxy) is 1. The van der Waals surface area contributed by atoms with E-state index in [2.05, 4.69) is 0 Å². The second kappa shape index (κ2) is 6.89. The Hall–Kier alpha value is -1.62. The average molecular weight is 310 g/mol. The number of nitrogens with two attached hydrogens (primary N) is 1. The van der Waals surface area contributed by atoms with E-state index >= 15 is 0 Å². The third kappa shape index (κ3) is 3.35. The van der Waals surface area contributed by atoms with Crippen LogP contribution in [0.25, 0.3) is 0 Å². The molecule has 0 aliphatic rings. The molecule has 0 aromatic heterocycles. The Labute approximate surface area is 128 Å². The standard InChI is InChI=1S/C16H17ClFNO2/c1-21-15-7-6-10(17)8-12(15)16(20)13(9-19)11-4-2-3-5-14(11)18/h2-8,13,16,20H,9,19H2,1H3. The van der Waals surface area contributed by atoms with Gasteiger partial charge in [0.15, 0.2) is 0 Å². The molecule has 0 aliphatic heterocycles. The molecule has 0 saturated heterocycles. The van der Waals surface area contributed by atoms with Gasteiger partial charge in [0, 0.05) is 23.0 Å². The molecular weight excluding hydrogens is 293 g/mol. The van der Waals surface area contributed by atoms with Gasteiger partial charge in [-0.2, -0.15) is 0 Å². The Kier molecular flexibility index (Phi) is 5.17. The van der Waals surface area contributed by atoms with Gasteiger partial charge >= 0.3 is 0 Å². The van der Waals surface area contributed by atoms with E-state index in [-0.39, 0.29) is 6.54 Å². The highest BCUT2D eigenvalue weighted by atomic mass is 35.5. The van der Waals surface area contributed by atoms with E-state index in [1.807, 2.05) is 0 Å². The fourth-order valence-electron chi connectivity index (χ4n) is 2.35. The molecule has 0 bridgehead atoms. The summed E-state index contributed by atoms with van der Waals surface area (Å²) in [5.41, 5.74) is 6.60. The number of aliphatic hydroxyl groups excluding tert-OH is 1. The molecule has 21 heavy (non-hydrogen) atoms. The summed E-state index contributed by atoms with van der Waals surface area (Å²) in [6, 6.07) is 11.2. The first-order chi connectivity index (χ1) is 10.1. The molecule has 2 unspecified atom stereocenters. The molecule has 2 aromatic carbocycles. The van der Waals surface area contributed by atoms with Gasteiger partial charge in [-0.05, 0) is 29.8 Å². The van der Waals surface area contributed by atoms with Gasteiger partial charge < -0.3 is 15.6 Å². The molecule has 112 valence electrons. The second-order valence-electron chi connectivity index (χ2n) is 4.69. The predicted octanol–water partition coefficient (Wildman–Crippen LogP) is 3.26. The van der Waals surface area contributed by atoms with Crippen molar-refractivity contribution < 1.29 is 14.2 Å². The minimum Gasteiger partial charge on any atom is -0.496 e. The molecule has 3 N–H and O–H groups in total. The predicted molar refractivity (Wildman–Crippen MR) is 81.2 cm³/mol. The van der Waals surface area contributed by atoms with E-state index in [0.717, 1.165) is 0 Å². The Balaban J connectivity index is 2.44. The van der Waals surface area contributed by atoms with Gasteiger partial charge in [0.1, 0.15) is 11.6 Å². The van der Waals surface area contributed by atoms with Crippen molar-refractivity contribution in [3.8, 4) is 5.75 Å². The summed E-state index contributed by atoms with van der Waals surface area (Å²) in [6.45, 7) is 0.0950. The Bertz CT molecular complexity index is 621. The second-order valence-corrected chi connectivity index (χ2v) is 5.13. The molecule has 0 fully saturated rings. The van der Waals surface area contributed by atoms with Crippen molar-refractivity contribution in [3.05, 3.63) is 64.4 Å². The van der Waals surface area contributed by atoms with Crippen molar-refractivity contribution in [1.29, 1.82) is 0 Å². The normalized spacial score (nSPS) is 13.8. The lowest BCUT2D eigenvalue weighted by atomic mass is 9.88. The number of methoxy groups -OCH3 is 1. The lowest BCUT2D eigenvalue weighted by Crippen LogP contribution is -2.21. The molecule has 0 radical (unpaired) electrons. The van der Waals surface area contributed by atoms with Gasteiger partial charge in [-0.25, -0.2) is 4.39 Å². The number of hydrogen-bond donors (Lipinski definition) is 2. The summed E-state index contributed by atoms with van der Waals surface area (Å²) in [5.74, 6) is -0.492. The topological polar surface area (TPSA) is 55.5 Å². The first-order valence-corrected chi connectivity index (χ1v) is 6.92. The van der Waals surface area contributed by atoms with Crippen LogP contribution in [-0.2, 0) is 0 Å². The maximum Gasteiger partial charge on any atom is 0.126 e. The number of rotatable bonds is 5. The largest absolute Gasteiger partial charge is 0.496 e. The number of hydrogen-bond acceptors (Lipinski definition) is 3. The van der Waals surface area contributed by atoms with E-state index < -0.39 is 17.8 Å². The maximum atomic E-state index is 13.9. The summed E-state index contributed by atoms with van der Waals surface area (Å²) >= 11 is 5.97. The van der Waals surface area contributed by atoms with E-state index in [9.17, 15) is 9.50 Å². The van der Waals surface area contributed by atoms with Gasteiger partial charge in [-0.3, -0.25) is 0 Å². The molecular formula is C16H17ClFNO2. The summed E-state index contributed by atoms with van der Waals surface area (Å²) in [7, 11) is 1.50. The first-order valence-electron chi connectivity index (χ1n) is 6.54. The molecule has 2 aromatic rings. The van der Waals surface area contributed by atoms with Gasteiger partial charge in [-0.1, -0.05) is 29.8 Å². The van der Waals surface area contributed by atoms with Crippen molar-refractivity contribution in [2.24, 2.45) is 5.73 Å². The van der Waals surface area contributed by atoms with Crippen LogP contribution < -0.4 is 10.5 Å². The van der Waals surface area contributed by atoms with Crippen LogP contribution in [0.15, 0.2) is 42.5 Å². The van der Waals surface area contributed by atoms with Crippen molar-refractivity contribution in [2.45, 2.75) is 12.0 Å². The molecule has 3 nitrogen and oxygen atoms in total. The highest BCUT2D eigenvalue weighted by Crippen LogP contribution is 2.37. The molecule has 0 amide bonds. The fraction of sp³-hybridized carbons (Fsp3) is 0.250. The van der Waals surface area contributed by atoms with Crippen LogP contribution in [0.3, 0.4) is 0 Å². The van der Waals surface area contributed by atoms with Gasteiger partial charge in [0.2, 0.25) is 0 Å². The molecule has 2 rings (SSSR count). The van der Waals surface area contributed by atoms with E-state index in [1.165, 1.54) is 13.2 Å². The lowest BCUT2D eigenvalue weighted by molar-refractivity contribution is 0.142. The average Bonchev–Trinajstić information content (AvgIpc) is 2.49. The molecule has 0 aliphatic carbocycles. The number of aliphatic hydroxyl groups is 1. The minimum atomic E-state index is -1.01. The summed E-state index contributed by atoms with van der Waals surface area (Å²) in [4.78, 5) is 0. The maximum absolute atomic E-state index is 13.9. The lowest BCUT2D eigenvalue weighted by Gasteiger charge is -2.24. The van der Waals surface area contributed by atoms with Crippen LogP contribution in [0.4, 0.5) is 4.39 Å². The van der Waals surface area contributed by atoms with E-state index in [4.69, 9.17) is 22.1 Å². The highest BCUT2D eigenvalue weighted by Gasteiger charge is 2.26. The zero-order valence-corrected chi connectivity index (χ0v) is 12.3. The monoisotopic (exact) mass is 309 g/mol. The van der Waals surface area contributed by atoms with Crippen LogP contribution >= 0.6 is 11.6 Å². The van der Waals surface area contributed by atoms with Crippen molar-refractivity contribution in [1.82, 2.24) is 0 Å². The van der Waals surface area contributed by atoms with E-state index in [0.29, 0.717) is 21.9 Å². The Morgan fingerprint density at radius 2 is 1.95 bits per heavy atom. The van der Waals surface area contributed by atoms with Crippen LogP contribution in [0.5, 0.6) is 5.75 Å². The SMILES string of the molecule is COc1ccc(Cl)cc1C(O)C(CN)c1ccccc1F. The molecule has 0 spiro atoms. The van der Waals surface area contributed by atoms with Crippen molar-refractivity contribution >= 4 is 11.6 Å². The Morgan fingerprint density at radius 3 is 2.57 bits per heavy atom. The number of benzene rings is 2. The van der Waals surface area contributed by atoms with Crippen molar-refractivity contribution in [3.63, 3.8) is 0 Å². The van der Waals surface area contributed by atoms with Gasteiger partial charge in [0.05, 0.1) is 13.2 Å². The van der Waals surface area contributed by atoms with Crippen LogP contribution in [0, 0.1) is 5.82 Å². The summed E-state index contributed by atoms with van der Waals surface area (Å²) < 4.78 is 19.2. The molecule has 0 saturated carbocycles. The van der Waals surface area contributed by atoms with Crippen LogP contribution in [-0.4, -0.2) is 18.8 Å². The third-order valence-electron chi connectivity index (χ3n) is 3.45.